The summed E-state index contributed by atoms with van der Waals surface area (Å²) in [6.07, 6.45) is -8.79. The molecule has 0 aliphatic carbocycles. The molecule has 0 aliphatic rings. The number of rotatable bonds is 4. The molecule has 0 saturated carbocycles. The van der Waals surface area contributed by atoms with Gasteiger partial charge in [-0.2, -0.15) is 26.3 Å². The highest BCUT2D eigenvalue weighted by atomic mass is 19.4. The van der Waals surface area contributed by atoms with Gasteiger partial charge in [-0.3, -0.25) is 9.59 Å². The maximum atomic E-state index is 12.2. The number of carbonyl (C=O) groups excluding carboxylic acids is 2. The van der Waals surface area contributed by atoms with Crippen molar-refractivity contribution in [2.75, 3.05) is 7.11 Å². The molecule has 170 valence electrons. The summed E-state index contributed by atoms with van der Waals surface area (Å²) in [6, 6.07) is 5.91. The fraction of sp³-hybridized carbons (Fsp3) is 0.263. The van der Waals surface area contributed by atoms with Gasteiger partial charge in [-0.1, -0.05) is 24.3 Å². The Balaban J connectivity index is 0.000000311. The Kier molecular flexibility index (Phi) is 8.58. The van der Waals surface area contributed by atoms with Gasteiger partial charge >= 0.3 is 18.3 Å². The smallest absolute Gasteiger partial charge is 0.416 e. The van der Waals surface area contributed by atoms with Crippen LogP contribution in [0.5, 0.6) is 0 Å². The fourth-order valence-electron chi connectivity index (χ4n) is 2.19. The molecule has 0 fully saturated rings. The van der Waals surface area contributed by atoms with Gasteiger partial charge in [0.2, 0.25) is 5.91 Å². The molecular formula is C19H19F6N3O3. The van der Waals surface area contributed by atoms with E-state index in [4.69, 9.17) is 17.2 Å². The van der Waals surface area contributed by atoms with Crippen LogP contribution in [-0.4, -0.2) is 19.0 Å². The summed E-state index contributed by atoms with van der Waals surface area (Å²) in [7, 11) is 1.16. The van der Waals surface area contributed by atoms with Crippen LogP contribution in [0.3, 0.4) is 0 Å². The molecule has 2 rings (SSSR count). The largest absolute Gasteiger partial charge is 0.468 e. The van der Waals surface area contributed by atoms with Gasteiger partial charge in [0.25, 0.3) is 0 Å². The molecule has 2 aromatic rings. The number of benzene rings is 2. The molecule has 0 aromatic heterocycles. The first kappa shape index (κ1) is 25.9. The second-order valence-corrected chi connectivity index (χ2v) is 6.12. The minimum absolute atomic E-state index is 0.260. The zero-order valence-corrected chi connectivity index (χ0v) is 16.0. The van der Waals surface area contributed by atoms with Crippen molar-refractivity contribution in [2.24, 2.45) is 17.2 Å². The van der Waals surface area contributed by atoms with E-state index in [0.717, 1.165) is 55.6 Å². The second kappa shape index (κ2) is 10.3. The average molecular weight is 451 g/mol. The molecule has 0 radical (unpaired) electrons. The van der Waals surface area contributed by atoms with Crippen LogP contribution in [0.1, 0.15) is 34.3 Å². The third-order valence-corrected chi connectivity index (χ3v) is 3.96. The molecule has 0 bridgehead atoms. The van der Waals surface area contributed by atoms with Crippen molar-refractivity contribution in [1.82, 2.24) is 0 Å². The standard InChI is InChI=1S/C10H10F3NO2.C9H9F3N2O/c1-16-9(15)8(14)6-2-4-7(5-3-6)10(11,12)13;10-9(11,12)6-3-1-5(2-4-6)7(13)8(14)15/h2-5,8H,14H2,1H3;1-4,7H,13H2,(H2,14,15). The first-order chi connectivity index (χ1) is 14.2. The zero-order chi connectivity index (χ0) is 24.0. The van der Waals surface area contributed by atoms with E-state index < -0.39 is 47.4 Å². The SMILES string of the molecule is COC(=O)C(N)c1ccc(C(F)(F)F)cc1.NC(=O)C(N)c1ccc(C(F)(F)F)cc1. The van der Waals surface area contributed by atoms with E-state index in [9.17, 15) is 35.9 Å². The Hall–Kier alpha value is -3.12. The highest BCUT2D eigenvalue weighted by Crippen LogP contribution is 2.30. The molecule has 1 amide bonds. The summed E-state index contributed by atoms with van der Waals surface area (Å²) in [4.78, 5) is 21.7. The van der Waals surface area contributed by atoms with Crippen LogP contribution in [-0.2, 0) is 26.7 Å². The van der Waals surface area contributed by atoms with Gasteiger partial charge in [-0.05, 0) is 35.4 Å². The van der Waals surface area contributed by atoms with Crippen molar-refractivity contribution in [1.29, 1.82) is 0 Å². The van der Waals surface area contributed by atoms with Crippen molar-refractivity contribution in [2.45, 2.75) is 24.4 Å². The number of ether oxygens (including phenoxy) is 1. The van der Waals surface area contributed by atoms with Gasteiger partial charge in [0.05, 0.1) is 18.2 Å². The topological polar surface area (TPSA) is 121 Å². The lowest BCUT2D eigenvalue weighted by molar-refractivity contribution is -0.142. The number of hydrogen-bond donors (Lipinski definition) is 3. The van der Waals surface area contributed by atoms with Crippen LogP contribution in [0, 0.1) is 0 Å². The van der Waals surface area contributed by atoms with E-state index in [1.807, 2.05) is 0 Å². The summed E-state index contributed by atoms with van der Waals surface area (Å²) >= 11 is 0. The van der Waals surface area contributed by atoms with Gasteiger partial charge in [0, 0.05) is 0 Å². The molecule has 6 N–H and O–H groups in total. The van der Waals surface area contributed by atoms with Gasteiger partial charge in [-0.25, -0.2) is 0 Å². The third-order valence-electron chi connectivity index (χ3n) is 3.96. The minimum atomic E-state index is -4.39. The molecule has 0 heterocycles. The lowest BCUT2D eigenvalue weighted by atomic mass is 10.1. The lowest BCUT2D eigenvalue weighted by Crippen LogP contribution is -2.28. The Morgan fingerprint density at radius 3 is 1.32 bits per heavy atom. The van der Waals surface area contributed by atoms with Crippen LogP contribution in [0.25, 0.3) is 0 Å². The van der Waals surface area contributed by atoms with E-state index >= 15 is 0 Å². The zero-order valence-electron chi connectivity index (χ0n) is 16.0. The van der Waals surface area contributed by atoms with Gasteiger partial charge in [-0.15, -0.1) is 0 Å². The van der Waals surface area contributed by atoms with E-state index in [-0.39, 0.29) is 11.1 Å². The number of primary amides is 1. The molecule has 2 aromatic carbocycles. The predicted octanol–water partition coefficient (Wildman–Crippen LogP) is 3.07. The van der Waals surface area contributed by atoms with Crippen LogP contribution in [0.15, 0.2) is 48.5 Å². The monoisotopic (exact) mass is 451 g/mol. The molecular weight excluding hydrogens is 432 g/mol. The van der Waals surface area contributed by atoms with Crippen LogP contribution >= 0.6 is 0 Å². The van der Waals surface area contributed by atoms with E-state index in [2.05, 4.69) is 4.74 Å². The Morgan fingerprint density at radius 2 is 1.06 bits per heavy atom. The molecule has 0 spiro atoms. The maximum absolute atomic E-state index is 12.2. The normalized spacial score (nSPS) is 13.5. The molecule has 31 heavy (non-hydrogen) atoms. The van der Waals surface area contributed by atoms with E-state index in [0.29, 0.717) is 0 Å². The van der Waals surface area contributed by atoms with Crippen LogP contribution in [0.4, 0.5) is 26.3 Å². The van der Waals surface area contributed by atoms with E-state index in [1.54, 1.807) is 0 Å². The van der Waals surface area contributed by atoms with Crippen molar-refractivity contribution < 1.29 is 40.7 Å². The number of amides is 1. The van der Waals surface area contributed by atoms with Gasteiger partial charge < -0.3 is 21.9 Å². The Bertz CT molecular complexity index is 881. The minimum Gasteiger partial charge on any atom is -0.468 e. The number of alkyl halides is 6. The fourth-order valence-corrected chi connectivity index (χ4v) is 2.19. The molecule has 0 saturated heterocycles. The van der Waals surface area contributed by atoms with Crippen LogP contribution < -0.4 is 17.2 Å². The average Bonchev–Trinajstić information content (AvgIpc) is 2.71. The van der Waals surface area contributed by atoms with Crippen molar-refractivity contribution in [3.63, 3.8) is 0 Å². The number of methoxy groups -OCH3 is 1. The molecule has 12 heteroatoms. The predicted molar refractivity (Wildman–Crippen MR) is 98.0 cm³/mol. The molecule has 6 nitrogen and oxygen atoms in total. The highest BCUT2D eigenvalue weighted by molar-refractivity contribution is 5.81. The summed E-state index contributed by atoms with van der Waals surface area (Å²) < 4.78 is 77.5. The number of esters is 1. The summed E-state index contributed by atoms with van der Waals surface area (Å²) in [5, 5.41) is 0. The maximum Gasteiger partial charge on any atom is 0.416 e. The lowest BCUT2D eigenvalue weighted by Gasteiger charge is -2.11. The molecule has 2 atom stereocenters. The van der Waals surface area contributed by atoms with Gasteiger partial charge in [0.15, 0.2) is 0 Å². The van der Waals surface area contributed by atoms with Crippen molar-refractivity contribution in [3.05, 3.63) is 70.8 Å². The highest BCUT2D eigenvalue weighted by Gasteiger charge is 2.31. The molecule has 2 unspecified atom stereocenters. The first-order valence-corrected chi connectivity index (χ1v) is 8.41. The van der Waals surface area contributed by atoms with E-state index in [1.165, 1.54) is 0 Å². The van der Waals surface area contributed by atoms with Crippen molar-refractivity contribution in [3.8, 4) is 0 Å². The quantitative estimate of drug-likeness (QED) is 0.487. The van der Waals surface area contributed by atoms with Gasteiger partial charge in [0.1, 0.15) is 12.1 Å². The Labute approximate surface area is 172 Å². The summed E-state index contributed by atoms with van der Waals surface area (Å²) in [5.74, 6) is -1.48. The number of halogens is 6. The Morgan fingerprint density at radius 1 is 0.742 bits per heavy atom. The van der Waals surface area contributed by atoms with Crippen LogP contribution in [0.2, 0.25) is 0 Å². The third kappa shape index (κ3) is 7.57. The summed E-state index contributed by atoms with van der Waals surface area (Å²) in [5.41, 5.74) is 14.7. The molecule has 0 aliphatic heterocycles. The number of carbonyl (C=O) groups is 2. The number of nitrogens with two attached hydrogens (primary N) is 3. The number of hydrogen-bond acceptors (Lipinski definition) is 5. The second-order valence-electron chi connectivity index (χ2n) is 6.12. The summed E-state index contributed by atoms with van der Waals surface area (Å²) in [6.45, 7) is 0. The first-order valence-electron chi connectivity index (χ1n) is 8.41. The van der Waals surface area contributed by atoms with Crippen molar-refractivity contribution >= 4 is 11.9 Å².